The average Bonchev–Trinajstić information content (AvgIpc) is 2.53. The fourth-order valence-electron chi connectivity index (χ4n) is 2.06. The molecular formula is C15H25IN4O2S. The standard InChI is InChI=1S/C15H24N4O2S.HI/c1-12(2)19(3)22(20,21)14-7-5-13(6-8-14)11-18-15-16-9-4-10-17-15;/h5-8,12H,4,9-11H2,1-3H3,(H2,16,17,18);1H. The number of hydrogen-bond acceptors (Lipinski definition) is 5. The monoisotopic (exact) mass is 452 g/mol. The molecule has 1 aromatic carbocycles. The molecule has 0 aromatic heterocycles. The molecule has 1 aliphatic heterocycles. The molecular weight excluding hydrogens is 427 g/mol. The summed E-state index contributed by atoms with van der Waals surface area (Å²) in [7, 11) is -1.81. The summed E-state index contributed by atoms with van der Waals surface area (Å²) >= 11 is 0. The van der Waals surface area contributed by atoms with Crippen molar-refractivity contribution in [3.63, 3.8) is 0 Å². The number of nitrogens with one attached hydrogen (secondary N) is 2. The lowest BCUT2D eigenvalue weighted by Gasteiger charge is -2.21. The Labute approximate surface area is 155 Å². The van der Waals surface area contributed by atoms with Gasteiger partial charge in [-0.3, -0.25) is 4.99 Å². The van der Waals surface area contributed by atoms with E-state index >= 15 is 0 Å². The van der Waals surface area contributed by atoms with Gasteiger partial charge < -0.3 is 10.6 Å². The minimum Gasteiger partial charge on any atom is -0.356 e. The normalized spacial score (nSPS) is 14.9. The van der Waals surface area contributed by atoms with Crippen molar-refractivity contribution in [3.8, 4) is 0 Å². The third-order valence-electron chi connectivity index (χ3n) is 3.68. The lowest BCUT2D eigenvalue weighted by Crippen LogP contribution is -2.40. The van der Waals surface area contributed by atoms with Crippen LogP contribution >= 0.6 is 24.0 Å². The second kappa shape index (κ2) is 8.84. The van der Waals surface area contributed by atoms with Gasteiger partial charge in [0.2, 0.25) is 10.0 Å². The molecule has 0 saturated heterocycles. The number of guanidine groups is 1. The molecule has 0 radical (unpaired) electrons. The Morgan fingerprint density at radius 3 is 2.48 bits per heavy atom. The zero-order valence-corrected chi connectivity index (χ0v) is 16.9. The molecule has 130 valence electrons. The van der Waals surface area contributed by atoms with Gasteiger partial charge in [-0.05, 0) is 38.0 Å². The van der Waals surface area contributed by atoms with Crippen LogP contribution < -0.4 is 10.6 Å². The van der Waals surface area contributed by atoms with Gasteiger partial charge in [0.15, 0.2) is 5.96 Å². The number of rotatable bonds is 5. The van der Waals surface area contributed by atoms with Gasteiger partial charge in [0.05, 0.1) is 4.90 Å². The van der Waals surface area contributed by atoms with Gasteiger partial charge in [-0.25, -0.2) is 8.42 Å². The highest BCUT2D eigenvalue weighted by molar-refractivity contribution is 14.0. The van der Waals surface area contributed by atoms with Crippen LogP contribution in [0.3, 0.4) is 0 Å². The van der Waals surface area contributed by atoms with Crippen LogP contribution in [0, 0.1) is 0 Å². The molecule has 0 aliphatic carbocycles. The van der Waals surface area contributed by atoms with Gasteiger partial charge in [0, 0.05) is 32.7 Å². The van der Waals surface area contributed by atoms with Crippen molar-refractivity contribution in [3.05, 3.63) is 29.8 Å². The van der Waals surface area contributed by atoms with Crippen LogP contribution in [0.1, 0.15) is 25.8 Å². The Hall–Kier alpha value is -0.870. The topological polar surface area (TPSA) is 73.8 Å². The molecule has 2 rings (SSSR count). The highest BCUT2D eigenvalue weighted by Crippen LogP contribution is 2.17. The van der Waals surface area contributed by atoms with Crippen LogP contribution in [0.25, 0.3) is 0 Å². The van der Waals surface area contributed by atoms with Crippen molar-refractivity contribution in [1.29, 1.82) is 0 Å². The molecule has 0 bridgehead atoms. The number of nitrogens with zero attached hydrogens (tertiary/aromatic N) is 2. The zero-order chi connectivity index (χ0) is 16.2. The lowest BCUT2D eigenvalue weighted by molar-refractivity contribution is 0.410. The van der Waals surface area contributed by atoms with Gasteiger partial charge in [-0.1, -0.05) is 12.1 Å². The van der Waals surface area contributed by atoms with Crippen LogP contribution in [-0.4, -0.2) is 44.9 Å². The molecule has 0 fully saturated rings. The maximum Gasteiger partial charge on any atom is 0.243 e. The summed E-state index contributed by atoms with van der Waals surface area (Å²) in [6.45, 7) is 6.10. The molecule has 0 atom stereocenters. The predicted octanol–water partition coefficient (Wildman–Crippen LogP) is 1.77. The summed E-state index contributed by atoms with van der Waals surface area (Å²) in [5, 5.41) is 6.40. The van der Waals surface area contributed by atoms with E-state index in [-0.39, 0.29) is 30.0 Å². The third-order valence-corrected chi connectivity index (χ3v) is 5.73. The molecule has 1 heterocycles. The average molecular weight is 452 g/mol. The van der Waals surface area contributed by atoms with Crippen molar-refractivity contribution >= 4 is 40.0 Å². The molecule has 1 aliphatic rings. The van der Waals surface area contributed by atoms with Gasteiger partial charge in [-0.2, -0.15) is 4.31 Å². The molecule has 1 aromatic rings. The third kappa shape index (κ3) is 5.32. The summed E-state index contributed by atoms with van der Waals surface area (Å²) < 4.78 is 26.1. The van der Waals surface area contributed by atoms with Crippen molar-refractivity contribution in [2.24, 2.45) is 4.99 Å². The number of benzene rings is 1. The summed E-state index contributed by atoms with van der Waals surface area (Å²) in [6.07, 6.45) is 1.06. The van der Waals surface area contributed by atoms with Gasteiger partial charge in [0.1, 0.15) is 0 Å². The van der Waals surface area contributed by atoms with E-state index in [1.165, 1.54) is 4.31 Å². The van der Waals surface area contributed by atoms with E-state index in [0.29, 0.717) is 11.4 Å². The minimum atomic E-state index is -3.41. The number of halogens is 1. The zero-order valence-electron chi connectivity index (χ0n) is 13.7. The van der Waals surface area contributed by atoms with E-state index in [1.54, 1.807) is 19.2 Å². The Morgan fingerprint density at radius 1 is 1.30 bits per heavy atom. The second-order valence-electron chi connectivity index (χ2n) is 5.62. The van der Waals surface area contributed by atoms with Crippen LogP contribution in [0.4, 0.5) is 0 Å². The Bertz CT molecular complexity index is 629. The van der Waals surface area contributed by atoms with Gasteiger partial charge in [-0.15, -0.1) is 24.0 Å². The van der Waals surface area contributed by atoms with Crippen molar-refractivity contribution in [2.75, 3.05) is 20.1 Å². The first-order valence-corrected chi connectivity index (χ1v) is 8.94. The predicted molar refractivity (Wildman–Crippen MR) is 104 cm³/mol. The van der Waals surface area contributed by atoms with Crippen molar-refractivity contribution in [2.45, 2.75) is 37.8 Å². The van der Waals surface area contributed by atoms with E-state index in [2.05, 4.69) is 15.6 Å². The maximum absolute atomic E-state index is 12.4. The van der Waals surface area contributed by atoms with Crippen LogP contribution in [0.2, 0.25) is 0 Å². The number of aliphatic imine (C=N–C) groups is 1. The fourth-order valence-corrected chi connectivity index (χ4v) is 3.43. The number of sulfonamides is 1. The summed E-state index contributed by atoms with van der Waals surface area (Å²) in [6, 6.07) is 6.90. The molecule has 2 N–H and O–H groups in total. The van der Waals surface area contributed by atoms with Gasteiger partial charge >= 0.3 is 0 Å². The minimum absolute atomic E-state index is 0. The SMILES string of the molecule is CC(C)N(C)S(=O)(=O)c1ccc(CNC2=NCCCN2)cc1.I. The van der Waals surface area contributed by atoms with Crippen LogP contribution in [-0.2, 0) is 16.6 Å². The van der Waals surface area contributed by atoms with Gasteiger partial charge in [0.25, 0.3) is 0 Å². The molecule has 0 unspecified atom stereocenters. The van der Waals surface area contributed by atoms with E-state index in [4.69, 9.17) is 0 Å². The summed E-state index contributed by atoms with van der Waals surface area (Å²) in [5.41, 5.74) is 1.02. The molecule has 8 heteroatoms. The quantitative estimate of drug-likeness (QED) is 0.669. The maximum atomic E-state index is 12.4. The van der Waals surface area contributed by atoms with Crippen LogP contribution in [0.5, 0.6) is 0 Å². The highest BCUT2D eigenvalue weighted by Gasteiger charge is 2.22. The molecule has 6 nitrogen and oxygen atoms in total. The summed E-state index contributed by atoms with van der Waals surface area (Å²) in [4.78, 5) is 4.66. The Kier molecular flexibility index (Phi) is 7.75. The second-order valence-corrected chi connectivity index (χ2v) is 7.62. The molecule has 0 spiro atoms. The van der Waals surface area contributed by atoms with E-state index < -0.39 is 10.0 Å². The Morgan fingerprint density at radius 2 is 1.96 bits per heavy atom. The first-order chi connectivity index (χ1) is 10.4. The van der Waals surface area contributed by atoms with E-state index in [9.17, 15) is 8.42 Å². The number of hydrogen-bond donors (Lipinski definition) is 2. The van der Waals surface area contributed by atoms with Crippen molar-refractivity contribution in [1.82, 2.24) is 14.9 Å². The first kappa shape index (κ1) is 20.2. The first-order valence-electron chi connectivity index (χ1n) is 7.50. The summed E-state index contributed by atoms with van der Waals surface area (Å²) in [5.74, 6) is 0.808. The molecule has 0 amide bonds. The van der Waals surface area contributed by atoms with E-state index in [1.807, 2.05) is 26.0 Å². The Balaban J connectivity index is 0.00000264. The van der Waals surface area contributed by atoms with Crippen LogP contribution in [0.15, 0.2) is 34.2 Å². The fraction of sp³-hybridized carbons (Fsp3) is 0.533. The molecule has 0 saturated carbocycles. The lowest BCUT2D eigenvalue weighted by atomic mass is 10.2. The highest BCUT2D eigenvalue weighted by atomic mass is 127. The largest absolute Gasteiger partial charge is 0.356 e. The van der Waals surface area contributed by atoms with Crippen molar-refractivity contribution < 1.29 is 8.42 Å². The van der Waals surface area contributed by atoms with E-state index in [0.717, 1.165) is 31.0 Å². The smallest absolute Gasteiger partial charge is 0.243 e. The molecule has 23 heavy (non-hydrogen) atoms.